The number of hydrogen-bond acceptors (Lipinski definition) is 3. The summed E-state index contributed by atoms with van der Waals surface area (Å²) in [5.41, 5.74) is 5.39. The number of hydrogen-bond donors (Lipinski definition) is 2. The van der Waals surface area contributed by atoms with Crippen molar-refractivity contribution in [2.24, 2.45) is 16.8 Å². The minimum atomic E-state index is -0.252. The molecule has 12 heavy (non-hydrogen) atoms. The van der Waals surface area contributed by atoms with Gasteiger partial charge in [-0.2, -0.15) is 0 Å². The SMILES string of the molecule is CCC(OCC(C)C)C(N)=NO. The second-order valence-electron chi connectivity index (χ2n) is 3.15. The van der Waals surface area contributed by atoms with Crippen molar-refractivity contribution in [1.82, 2.24) is 0 Å². The third kappa shape index (κ3) is 4.18. The Morgan fingerprint density at radius 1 is 1.58 bits per heavy atom. The van der Waals surface area contributed by atoms with Crippen molar-refractivity contribution >= 4 is 5.84 Å². The molecule has 0 heterocycles. The number of nitrogens with two attached hydrogens (primary N) is 1. The lowest BCUT2D eigenvalue weighted by atomic mass is 10.2. The van der Waals surface area contributed by atoms with Crippen molar-refractivity contribution in [3.63, 3.8) is 0 Å². The van der Waals surface area contributed by atoms with E-state index in [1.165, 1.54) is 0 Å². The molecule has 0 aromatic rings. The third-order valence-electron chi connectivity index (χ3n) is 1.45. The van der Waals surface area contributed by atoms with Crippen molar-refractivity contribution in [3.8, 4) is 0 Å². The lowest BCUT2D eigenvalue weighted by molar-refractivity contribution is 0.0716. The Morgan fingerprint density at radius 3 is 2.50 bits per heavy atom. The maximum atomic E-state index is 8.38. The Kier molecular flexibility index (Phi) is 5.45. The van der Waals surface area contributed by atoms with Crippen molar-refractivity contribution in [3.05, 3.63) is 0 Å². The molecule has 0 aliphatic carbocycles. The first kappa shape index (κ1) is 11.2. The standard InChI is InChI=1S/C8H18N2O2/c1-4-7(8(9)10-11)12-5-6(2)3/h6-7,11H,4-5H2,1-3H3,(H2,9,10). The van der Waals surface area contributed by atoms with Crippen molar-refractivity contribution in [1.29, 1.82) is 0 Å². The maximum absolute atomic E-state index is 8.38. The maximum Gasteiger partial charge on any atom is 0.168 e. The topological polar surface area (TPSA) is 67.8 Å². The zero-order valence-corrected chi connectivity index (χ0v) is 7.95. The van der Waals surface area contributed by atoms with Crippen molar-refractivity contribution in [2.75, 3.05) is 6.61 Å². The molecule has 1 unspecified atom stereocenters. The summed E-state index contributed by atoms with van der Waals surface area (Å²) in [7, 11) is 0. The Morgan fingerprint density at radius 2 is 2.17 bits per heavy atom. The summed E-state index contributed by atoms with van der Waals surface area (Å²) < 4.78 is 5.39. The van der Waals surface area contributed by atoms with Crippen LogP contribution in [-0.2, 0) is 4.74 Å². The second-order valence-corrected chi connectivity index (χ2v) is 3.15. The molecule has 0 radical (unpaired) electrons. The summed E-state index contributed by atoms with van der Waals surface area (Å²) >= 11 is 0. The van der Waals surface area contributed by atoms with Crippen LogP contribution in [0.5, 0.6) is 0 Å². The number of nitrogens with zero attached hydrogens (tertiary/aromatic N) is 1. The molecule has 0 bridgehead atoms. The van der Waals surface area contributed by atoms with E-state index in [0.717, 1.165) is 6.42 Å². The normalized spacial score (nSPS) is 15.2. The predicted octanol–water partition coefficient (Wildman–Crippen LogP) is 1.18. The fraction of sp³-hybridized carbons (Fsp3) is 0.875. The van der Waals surface area contributed by atoms with Gasteiger partial charge in [-0.25, -0.2) is 0 Å². The number of amidine groups is 1. The largest absolute Gasteiger partial charge is 0.409 e. The van der Waals surface area contributed by atoms with E-state index < -0.39 is 0 Å². The van der Waals surface area contributed by atoms with E-state index in [1.54, 1.807) is 0 Å². The first-order chi connectivity index (χ1) is 5.61. The van der Waals surface area contributed by atoms with Crippen molar-refractivity contribution in [2.45, 2.75) is 33.3 Å². The smallest absolute Gasteiger partial charge is 0.168 e. The van der Waals surface area contributed by atoms with Crippen molar-refractivity contribution < 1.29 is 9.94 Å². The van der Waals surface area contributed by atoms with Gasteiger partial charge in [0.05, 0.1) is 0 Å². The first-order valence-electron chi connectivity index (χ1n) is 4.20. The Balaban J connectivity index is 3.84. The van der Waals surface area contributed by atoms with E-state index in [2.05, 4.69) is 19.0 Å². The van der Waals surface area contributed by atoms with Crippen LogP contribution in [0.4, 0.5) is 0 Å². The molecule has 0 fully saturated rings. The van der Waals surface area contributed by atoms with Crippen LogP contribution >= 0.6 is 0 Å². The molecule has 4 heteroatoms. The molecule has 0 rings (SSSR count). The Bertz CT molecular complexity index is 146. The van der Waals surface area contributed by atoms with Crippen LogP contribution in [0.3, 0.4) is 0 Å². The van der Waals surface area contributed by atoms with Crippen LogP contribution in [-0.4, -0.2) is 23.8 Å². The molecule has 72 valence electrons. The molecule has 0 amide bonds. The molecule has 0 aromatic carbocycles. The number of ether oxygens (including phenoxy) is 1. The number of oxime groups is 1. The molecule has 3 N–H and O–H groups in total. The average Bonchev–Trinajstić information content (AvgIpc) is 2.04. The molecule has 0 saturated heterocycles. The second kappa shape index (κ2) is 5.83. The molecule has 0 aliphatic heterocycles. The van der Waals surface area contributed by atoms with Gasteiger partial charge in [0.15, 0.2) is 5.84 Å². The zero-order valence-electron chi connectivity index (χ0n) is 7.95. The van der Waals surface area contributed by atoms with Gasteiger partial charge in [0.2, 0.25) is 0 Å². The highest BCUT2D eigenvalue weighted by molar-refractivity contribution is 5.84. The molecular weight excluding hydrogens is 156 g/mol. The van der Waals surface area contributed by atoms with E-state index in [1.807, 2.05) is 6.92 Å². The summed E-state index contributed by atoms with van der Waals surface area (Å²) in [6.45, 7) is 6.68. The molecule has 4 nitrogen and oxygen atoms in total. The summed E-state index contributed by atoms with van der Waals surface area (Å²) in [6, 6.07) is 0. The van der Waals surface area contributed by atoms with Crippen LogP contribution in [0.2, 0.25) is 0 Å². The number of rotatable bonds is 5. The summed E-state index contributed by atoms with van der Waals surface area (Å²) in [4.78, 5) is 0. The molecule has 1 atom stereocenters. The lowest BCUT2D eigenvalue weighted by Crippen LogP contribution is -2.32. The quantitative estimate of drug-likeness (QED) is 0.284. The van der Waals surface area contributed by atoms with Gasteiger partial charge in [-0.1, -0.05) is 25.9 Å². The highest BCUT2D eigenvalue weighted by Gasteiger charge is 2.12. The van der Waals surface area contributed by atoms with E-state index in [0.29, 0.717) is 12.5 Å². The molecule has 0 aromatic heterocycles. The van der Waals surface area contributed by atoms with Crippen LogP contribution in [0.15, 0.2) is 5.16 Å². The van der Waals surface area contributed by atoms with Gasteiger partial charge in [-0.3, -0.25) is 0 Å². The summed E-state index contributed by atoms with van der Waals surface area (Å²) in [6.07, 6.45) is 0.472. The minimum absolute atomic E-state index is 0.151. The van der Waals surface area contributed by atoms with Crippen LogP contribution in [0.25, 0.3) is 0 Å². The summed E-state index contributed by atoms with van der Waals surface area (Å²) in [5.74, 6) is 0.615. The highest BCUT2D eigenvalue weighted by Crippen LogP contribution is 2.01. The fourth-order valence-corrected chi connectivity index (χ4v) is 0.785. The van der Waals surface area contributed by atoms with Gasteiger partial charge in [0.25, 0.3) is 0 Å². The third-order valence-corrected chi connectivity index (χ3v) is 1.45. The van der Waals surface area contributed by atoms with E-state index in [9.17, 15) is 0 Å². The van der Waals surface area contributed by atoms with Gasteiger partial charge in [-0.15, -0.1) is 0 Å². The molecular formula is C8H18N2O2. The van der Waals surface area contributed by atoms with Crippen LogP contribution in [0, 0.1) is 5.92 Å². The van der Waals surface area contributed by atoms with Gasteiger partial charge in [-0.05, 0) is 12.3 Å². The van der Waals surface area contributed by atoms with E-state index >= 15 is 0 Å². The van der Waals surface area contributed by atoms with Gasteiger partial charge in [0, 0.05) is 6.61 Å². The van der Waals surface area contributed by atoms with E-state index in [4.69, 9.17) is 15.7 Å². The highest BCUT2D eigenvalue weighted by atomic mass is 16.5. The lowest BCUT2D eigenvalue weighted by Gasteiger charge is -2.15. The predicted molar refractivity (Wildman–Crippen MR) is 48.3 cm³/mol. The van der Waals surface area contributed by atoms with Crippen LogP contribution in [0.1, 0.15) is 27.2 Å². The van der Waals surface area contributed by atoms with Gasteiger partial charge in [0.1, 0.15) is 6.10 Å². The Hall–Kier alpha value is -0.770. The molecule has 0 spiro atoms. The van der Waals surface area contributed by atoms with Gasteiger partial charge < -0.3 is 15.7 Å². The average molecular weight is 174 g/mol. The van der Waals surface area contributed by atoms with Crippen LogP contribution < -0.4 is 5.73 Å². The monoisotopic (exact) mass is 174 g/mol. The van der Waals surface area contributed by atoms with E-state index in [-0.39, 0.29) is 11.9 Å². The summed E-state index contributed by atoms with van der Waals surface area (Å²) in [5, 5.41) is 11.3. The first-order valence-corrected chi connectivity index (χ1v) is 4.20. The molecule has 0 aliphatic rings. The Labute approximate surface area is 73.4 Å². The zero-order chi connectivity index (χ0) is 9.56. The van der Waals surface area contributed by atoms with Gasteiger partial charge >= 0.3 is 0 Å². The molecule has 0 saturated carbocycles. The minimum Gasteiger partial charge on any atom is -0.409 e. The fourth-order valence-electron chi connectivity index (χ4n) is 0.785.